The molecule has 0 aliphatic heterocycles. The maximum absolute atomic E-state index is 14.3. The Labute approximate surface area is 120 Å². The van der Waals surface area contributed by atoms with E-state index in [0.29, 0.717) is 11.4 Å². The Kier molecular flexibility index (Phi) is 3.27. The summed E-state index contributed by atoms with van der Waals surface area (Å²) in [5.74, 6) is 4.37. The van der Waals surface area contributed by atoms with Crippen LogP contribution in [0.2, 0.25) is 0 Å². The van der Waals surface area contributed by atoms with Gasteiger partial charge in [0.2, 0.25) is 0 Å². The van der Waals surface area contributed by atoms with Crippen LogP contribution in [0.3, 0.4) is 0 Å². The molecule has 0 aliphatic rings. The van der Waals surface area contributed by atoms with Crippen LogP contribution >= 0.6 is 0 Å². The second kappa shape index (κ2) is 5.10. The van der Waals surface area contributed by atoms with Crippen molar-refractivity contribution in [2.24, 2.45) is 5.84 Å². The number of aryl methyl sites for hydroxylation is 1. The van der Waals surface area contributed by atoms with E-state index >= 15 is 0 Å². The monoisotopic (exact) mass is 285 g/mol. The third-order valence-corrected chi connectivity index (χ3v) is 3.38. The van der Waals surface area contributed by atoms with Crippen LogP contribution < -0.4 is 11.3 Å². The fraction of sp³-hybridized carbons (Fsp3) is 0.0625. The largest absolute Gasteiger partial charge is 0.323 e. The molecule has 0 atom stereocenters. The third-order valence-electron chi connectivity index (χ3n) is 3.38. The van der Waals surface area contributed by atoms with Crippen LogP contribution in [0.1, 0.15) is 5.56 Å². The topological polar surface area (TPSA) is 50.9 Å². The van der Waals surface area contributed by atoms with Gasteiger partial charge < -0.3 is 5.43 Å². The molecule has 106 valence electrons. The smallest absolute Gasteiger partial charge is 0.149 e. The summed E-state index contributed by atoms with van der Waals surface area (Å²) in [6.07, 6.45) is 0. The van der Waals surface area contributed by atoms with E-state index in [-0.39, 0.29) is 16.5 Å². The van der Waals surface area contributed by atoms with Gasteiger partial charge in [0.1, 0.15) is 17.2 Å². The van der Waals surface area contributed by atoms with Crippen molar-refractivity contribution in [1.82, 2.24) is 4.98 Å². The van der Waals surface area contributed by atoms with Gasteiger partial charge in [0.15, 0.2) is 0 Å². The molecule has 1 heterocycles. The molecule has 0 unspecified atom stereocenters. The predicted octanol–water partition coefficient (Wildman–Crippen LogP) is 3.77. The number of nitrogens with one attached hydrogen (secondary N) is 1. The molecule has 1 aromatic heterocycles. The van der Waals surface area contributed by atoms with Crippen molar-refractivity contribution in [3.63, 3.8) is 0 Å². The summed E-state index contributed by atoms with van der Waals surface area (Å²) in [5.41, 5.74) is 4.24. The van der Waals surface area contributed by atoms with Gasteiger partial charge in [-0.05, 0) is 24.6 Å². The SMILES string of the molecule is Cc1cc(F)c2nc(-c3ccccc3)cc(NN)c2c1F. The van der Waals surface area contributed by atoms with Crippen LogP contribution in [0.15, 0.2) is 42.5 Å². The maximum Gasteiger partial charge on any atom is 0.149 e. The first kappa shape index (κ1) is 13.5. The molecule has 5 heteroatoms. The number of hydrogen-bond acceptors (Lipinski definition) is 3. The molecule has 0 bridgehead atoms. The summed E-state index contributed by atoms with van der Waals surface area (Å²) in [7, 11) is 0. The first-order chi connectivity index (χ1) is 10.1. The van der Waals surface area contributed by atoms with Crippen molar-refractivity contribution >= 4 is 16.6 Å². The number of nitrogens with two attached hydrogens (primary N) is 1. The van der Waals surface area contributed by atoms with Crippen molar-refractivity contribution in [3.8, 4) is 11.3 Å². The molecule has 0 saturated heterocycles. The minimum absolute atomic E-state index is 0.0348. The average Bonchev–Trinajstić information content (AvgIpc) is 2.52. The Balaban J connectivity index is 2.38. The highest BCUT2D eigenvalue weighted by Crippen LogP contribution is 2.32. The number of rotatable bonds is 2. The van der Waals surface area contributed by atoms with Gasteiger partial charge in [-0.15, -0.1) is 0 Å². The van der Waals surface area contributed by atoms with E-state index in [2.05, 4.69) is 10.4 Å². The zero-order valence-corrected chi connectivity index (χ0v) is 11.3. The van der Waals surface area contributed by atoms with Crippen molar-refractivity contribution < 1.29 is 8.78 Å². The van der Waals surface area contributed by atoms with E-state index in [9.17, 15) is 8.78 Å². The standard InChI is InChI=1S/C16H13F2N3/c1-9-7-11(17)16-14(15(9)18)13(21-19)8-12(20-16)10-5-3-2-4-6-10/h2-8H,19H2,1H3,(H,20,21). The third kappa shape index (κ3) is 2.21. The van der Waals surface area contributed by atoms with E-state index in [0.717, 1.165) is 11.6 Å². The zero-order valence-electron chi connectivity index (χ0n) is 11.3. The molecule has 0 amide bonds. The van der Waals surface area contributed by atoms with E-state index in [1.807, 2.05) is 30.3 Å². The fourth-order valence-corrected chi connectivity index (χ4v) is 2.33. The van der Waals surface area contributed by atoms with E-state index in [4.69, 9.17) is 5.84 Å². The number of hydrogen-bond donors (Lipinski definition) is 2. The zero-order chi connectivity index (χ0) is 15.0. The van der Waals surface area contributed by atoms with Gasteiger partial charge in [-0.2, -0.15) is 0 Å². The number of anilines is 1. The van der Waals surface area contributed by atoms with Crippen molar-refractivity contribution in [2.45, 2.75) is 6.92 Å². The highest BCUT2D eigenvalue weighted by Gasteiger charge is 2.16. The molecule has 0 saturated carbocycles. The number of nitrogen functional groups attached to an aromatic ring is 1. The van der Waals surface area contributed by atoms with Crippen LogP contribution in [-0.2, 0) is 0 Å². The van der Waals surface area contributed by atoms with Gasteiger partial charge in [-0.3, -0.25) is 5.84 Å². The van der Waals surface area contributed by atoms with E-state index in [1.54, 1.807) is 6.07 Å². The highest BCUT2D eigenvalue weighted by atomic mass is 19.1. The van der Waals surface area contributed by atoms with Gasteiger partial charge in [-0.1, -0.05) is 30.3 Å². The Morgan fingerprint density at radius 3 is 2.48 bits per heavy atom. The lowest BCUT2D eigenvalue weighted by molar-refractivity contribution is 0.608. The van der Waals surface area contributed by atoms with Crippen LogP contribution in [0, 0.1) is 18.6 Å². The molecule has 3 rings (SSSR count). The average molecular weight is 285 g/mol. The van der Waals surface area contributed by atoms with Crippen LogP contribution in [-0.4, -0.2) is 4.98 Å². The normalized spacial score (nSPS) is 10.9. The number of fused-ring (bicyclic) bond motifs is 1. The molecule has 21 heavy (non-hydrogen) atoms. The first-order valence-corrected chi connectivity index (χ1v) is 6.43. The summed E-state index contributed by atoms with van der Waals surface area (Å²) >= 11 is 0. The molecule has 0 fully saturated rings. The molecular formula is C16H13F2N3. The molecule has 3 N–H and O–H groups in total. The van der Waals surface area contributed by atoms with Gasteiger partial charge >= 0.3 is 0 Å². The van der Waals surface area contributed by atoms with Crippen LogP contribution in [0.4, 0.5) is 14.5 Å². The second-order valence-electron chi connectivity index (χ2n) is 4.78. The van der Waals surface area contributed by atoms with Crippen molar-refractivity contribution in [2.75, 3.05) is 5.43 Å². The number of nitrogens with zero attached hydrogens (tertiary/aromatic N) is 1. The van der Waals surface area contributed by atoms with E-state index in [1.165, 1.54) is 6.92 Å². The summed E-state index contributed by atoms with van der Waals surface area (Å²) in [5, 5.41) is 0.0645. The molecule has 0 aliphatic carbocycles. The number of aromatic nitrogens is 1. The number of benzene rings is 2. The summed E-state index contributed by atoms with van der Waals surface area (Å²) < 4.78 is 28.4. The summed E-state index contributed by atoms with van der Waals surface area (Å²) in [6.45, 7) is 1.50. The van der Waals surface area contributed by atoms with Gasteiger partial charge in [0.05, 0.1) is 16.8 Å². The Hall–Kier alpha value is -2.53. The fourth-order valence-electron chi connectivity index (χ4n) is 2.33. The molecule has 0 spiro atoms. The van der Waals surface area contributed by atoms with Gasteiger partial charge in [-0.25, -0.2) is 13.8 Å². The molecule has 3 aromatic rings. The van der Waals surface area contributed by atoms with Crippen molar-refractivity contribution in [1.29, 1.82) is 0 Å². The van der Waals surface area contributed by atoms with Crippen molar-refractivity contribution in [3.05, 3.63) is 59.7 Å². The molecular weight excluding hydrogens is 272 g/mol. The Morgan fingerprint density at radius 2 is 1.81 bits per heavy atom. The van der Waals surface area contributed by atoms with Crippen LogP contribution in [0.25, 0.3) is 22.2 Å². The van der Waals surface area contributed by atoms with E-state index < -0.39 is 11.6 Å². The Morgan fingerprint density at radius 1 is 1.10 bits per heavy atom. The molecule has 3 nitrogen and oxygen atoms in total. The maximum atomic E-state index is 14.3. The summed E-state index contributed by atoms with van der Waals surface area (Å²) in [6, 6.07) is 12.0. The Bertz CT molecular complexity index is 817. The number of hydrazine groups is 1. The lowest BCUT2D eigenvalue weighted by Crippen LogP contribution is -2.09. The predicted molar refractivity (Wildman–Crippen MR) is 79.6 cm³/mol. The number of halogens is 2. The lowest BCUT2D eigenvalue weighted by Gasteiger charge is -2.12. The second-order valence-corrected chi connectivity index (χ2v) is 4.78. The molecule has 2 aromatic carbocycles. The molecule has 0 radical (unpaired) electrons. The van der Waals surface area contributed by atoms with Gasteiger partial charge in [0.25, 0.3) is 0 Å². The number of pyridine rings is 1. The minimum atomic E-state index is -0.571. The highest BCUT2D eigenvalue weighted by molar-refractivity contribution is 5.95. The lowest BCUT2D eigenvalue weighted by atomic mass is 10.1. The van der Waals surface area contributed by atoms with Crippen LogP contribution in [0.5, 0.6) is 0 Å². The first-order valence-electron chi connectivity index (χ1n) is 6.43. The quantitative estimate of drug-likeness (QED) is 0.556. The van der Waals surface area contributed by atoms with Gasteiger partial charge in [0, 0.05) is 5.56 Å². The minimum Gasteiger partial charge on any atom is -0.323 e. The summed E-state index contributed by atoms with van der Waals surface area (Å²) in [4.78, 5) is 4.24.